The maximum Gasteiger partial charge on any atom is 0.239 e. The van der Waals surface area contributed by atoms with Crippen LogP contribution < -0.4 is 20.7 Å². The molecule has 0 atom stereocenters. The van der Waals surface area contributed by atoms with E-state index in [0.29, 0.717) is 18.1 Å². The van der Waals surface area contributed by atoms with Crippen LogP contribution in [0.4, 0.5) is 11.6 Å². The highest BCUT2D eigenvalue weighted by Gasteiger charge is 2.18. The number of hydrogen-bond donors (Lipinski definition) is 2. The molecule has 1 rings (SSSR count). The molecule has 0 saturated carbocycles. The van der Waals surface area contributed by atoms with Crippen molar-refractivity contribution in [2.75, 3.05) is 37.9 Å². The zero-order valence-electron chi connectivity index (χ0n) is 10.9. The van der Waals surface area contributed by atoms with Crippen LogP contribution in [-0.2, 0) is 4.79 Å². The van der Waals surface area contributed by atoms with Gasteiger partial charge in [0.2, 0.25) is 11.7 Å². The highest BCUT2D eigenvalue weighted by atomic mass is 16.5. The molecule has 100 valence electrons. The summed E-state index contributed by atoms with van der Waals surface area (Å²) in [5.74, 6) is 1.11. The molecule has 0 fully saturated rings. The first-order valence-corrected chi connectivity index (χ1v) is 5.74. The van der Waals surface area contributed by atoms with Crippen LogP contribution >= 0.6 is 0 Å². The van der Waals surface area contributed by atoms with Crippen molar-refractivity contribution in [3.63, 3.8) is 0 Å². The van der Waals surface area contributed by atoms with E-state index in [2.05, 4.69) is 15.3 Å². The molecule has 0 aliphatic carbocycles. The lowest BCUT2D eigenvalue weighted by molar-refractivity contribution is -0.119. The Labute approximate surface area is 106 Å². The van der Waals surface area contributed by atoms with Crippen molar-refractivity contribution in [2.24, 2.45) is 0 Å². The lowest BCUT2D eigenvalue weighted by atomic mass is 10.3. The van der Waals surface area contributed by atoms with Crippen LogP contribution in [0.15, 0.2) is 6.33 Å². The fourth-order valence-electron chi connectivity index (χ4n) is 1.58. The molecule has 1 heterocycles. The second-order valence-corrected chi connectivity index (χ2v) is 3.71. The zero-order chi connectivity index (χ0) is 13.5. The number of hydrogen-bond acceptors (Lipinski definition) is 6. The van der Waals surface area contributed by atoms with Gasteiger partial charge in [0, 0.05) is 13.6 Å². The van der Waals surface area contributed by atoms with E-state index < -0.39 is 0 Å². The molecule has 0 aliphatic heterocycles. The summed E-state index contributed by atoms with van der Waals surface area (Å²) < 4.78 is 5.20. The third kappa shape index (κ3) is 3.22. The number of nitrogen functional groups attached to an aromatic ring is 1. The van der Waals surface area contributed by atoms with Gasteiger partial charge in [0.25, 0.3) is 0 Å². The summed E-state index contributed by atoms with van der Waals surface area (Å²) >= 11 is 0. The van der Waals surface area contributed by atoms with E-state index in [9.17, 15) is 4.79 Å². The first kappa shape index (κ1) is 14.0. The van der Waals surface area contributed by atoms with E-state index in [1.807, 2.05) is 11.8 Å². The van der Waals surface area contributed by atoms with E-state index in [1.165, 1.54) is 13.4 Å². The zero-order valence-corrected chi connectivity index (χ0v) is 10.9. The molecular weight excluding hydrogens is 234 g/mol. The summed E-state index contributed by atoms with van der Waals surface area (Å²) in [7, 11) is 3.10. The number of nitrogens with two attached hydrogens (primary N) is 1. The molecule has 18 heavy (non-hydrogen) atoms. The molecule has 7 nitrogen and oxygen atoms in total. The molecule has 0 aromatic carbocycles. The van der Waals surface area contributed by atoms with Crippen LogP contribution in [0.25, 0.3) is 0 Å². The summed E-state index contributed by atoms with van der Waals surface area (Å²) in [6, 6.07) is 0. The minimum Gasteiger partial charge on any atom is -0.490 e. The van der Waals surface area contributed by atoms with E-state index in [4.69, 9.17) is 10.5 Å². The Morgan fingerprint density at radius 3 is 2.83 bits per heavy atom. The van der Waals surface area contributed by atoms with Crippen molar-refractivity contribution >= 4 is 17.5 Å². The lowest BCUT2D eigenvalue weighted by Gasteiger charge is -2.24. The Bertz CT molecular complexity index is 410. The predicted molar refractivity (Wildman–Crippen MR) is 69.6 cm³/mol. The average molecular weight is 253 g/mol. The molecule has 1 aromatic heterocycles. The number of methoxy groups -OCH3 is 1. The summed E-state index contributed by atoms with van der Waals surface area (Å²) in [4.78, 5) is 21.3. The fraction of sp³-hybridized carbons (Fsp3) is 0.545. The molecule has 7 heteroatoms. The predicted octanol–water partition coefficient (Wildman–Crippen LogP) is 0.0298. The first-order valence-electron chi connectivity index (χ1n) is 5.74. The lowest BCUT2D eigenvalue weighted by Crippen LogP contribution is -2.37. The third-order valence-electron chi connectivity index (χ3n) is 2.42. The Hall–Kier alpha value is -2.05. The van der Waals surface area contributed by atoms with E-state index in [-0.39, 0.29) is 18.3 Å². The highest BCUT2D eigenvalue weighted by Crippen LogP contribution is 2.29. The number of amides is 1. The Morgan fingerprint density at radius 2 is 2.28 bits per heavy atom. The van der Waals surface area contributed by atoms with Gasteiger partial charge in [-0.05, 0) is 6.42 Å². The number of anilines is 2. The van der Waals surface area contributed by atoms with Crippen molar-refractivity contribution < 1.29 is 9.53 Å². The SMILES string of the molecule is CCCN(CC(=O)NC)c1ncnc(N)c1OC. The number of nitrogens with zero attached hydrogens (tertiary/aromatic N) is 3. The van der Waals surface area contributed by atoms with E-state index in [0.717, 1.165) is 6.42 Å². The monoisotopic (exact) mass is 253 g/mol. The summed E-state index contributed by atoms with van der Waals surface area (Å²) in [6.07, 6.45) is 2.24. The average Bonchev–Trinajstić information content (AvgIpc) is 2.37. The number of rotatable bonds is 6. The minimum absolute atomic E-state index is 0.0947. The molecule has 0 spiro atoms. The minimum atomic E-state index is -0.0947. The van der Waals surface area contributed by atoms with E-state index >= 15 is 0 Å². The number of nitrogens with one attached hydrogen (secondary N) is 1. The summed E-state index contributed by atoms with van der Waals surface area (Å²) in [5.41, 5.74) is 5.73. The smallest absolute Gasteiger partial charge is 0.239 e. The van der Waals surface area contributed by atoms with Crippen molar-refractivity contribution in [1.82, 2.24) is 15.3 Å². The quantitative estimate of drug-likeness (QED) is 0.743. The van der Waals surface area contributed by atoms with Gasteiger partial charge in [-0.2, -0.15) is 0 Å². The molecular formula is C11H19N5O2. The van der Waals surface area contributed by atoms with Crippen molar-refractivity contribution in [3.05, 3.63) is 6.33 Å². The van der Waals surface area contributed by atoms with Crippen molar-refractivity contribution in [3.8, 4) is 5.75 Å². The van der Waals surface area contributed by atoms with Gasteiger partial charge in [0.15, 0.2) is 11.6 Å². The van der Waals surface area contributed by atoms with Gasteiger partial charge in [0.05, 0.1) is 13.7 Å². The van der Waals surface area contributed by atoms with Crippen LogP contribution in [0, 0.1) is 0 Å². The van der Waals surface area contributed by atoms with Crippen LogP contribution in [0.5, 0.6) is 5.75 Å². The Kier molecular flexibility index (Phi) is 5.16. The standard InChI is InChI=1S/C11H19N5O2/c1-4-5-16(6-8(17)13-2)11-9(18-3)10(12)14-7-15-11/h7H,4-6H2,1-3H3,(H,13,17)(H2,12,14,15). The number of aromatic nitrogens is 2. The number of ether oxygens (including phenoxy) is 1. The van der Waals surface area contributed by atoms with Crippen molar-refractivity contribution in [2.45, 2.75) is 13.3 Å². The Morgan fingerprint density at radius 1 is 1.56 bits per heavy atom. The molecule has 0 radical (unpaired) electrons. The largest absolute Gasteiger partial charge is 0.490 e. The number of likely N-dealkylation sites (N-methyl/N-ethyl adjacent to an activating group) is 1. The third-order valence-corrected chi connectivity index (χ3v) is 2.42. The maximum atomic E-state index is 11.5. The van der Waals surface area contributed by atoms with Crippen LogP contribution in [0.2, 0.25) is 0 Å². The number of carbonyl (C=O) groups is 1. The van der Waals surface area contributed by atoms with Gasteiger partial charge in [0.1, 0.15) is 6.33 Å². The molecule has 3 N–H and O–H groups in total. The molecule has 1 aromatic rings. The fourth-order valence-corrected chi connectivity index (χ4v) is 1.58. The van der Waals surface area contributed by atoms with Gasteiger partial charge in [-0.3, -0.25) is 4.79 Å². The summed E-state index contributed by atoms with van der Waals surface area (Å²) in [5, 5.41) is 2.58. The second-order valence-electron chi connectivity index (χ2n) is 3.71. The highest BCUT2D eigenvalue weighted by molar-refractivity contribution is 5.81. The molecule has 1 amide bonds. The maximum absolute atomic E-state index is 11.5. The second kappa shape index (κ2) is 6.63. The van der Waals surface area contributed by atoms with Gasteiger partial charge in [-0.1, -0.05) is 6.92 Å². The van der Waals surface area contributed by atoms with Crippen LogP contribution in [0.1, 0.15) is 13.3 Å². The Balaban J connectivity index is 3.04. The molecule has 0 saturated heterocycles. The van der Waals surface area contributed by atoms with Crippen LogP contribution in [0.3, 0.4) is 0 Å². The molecule has 0 aliphatic rings. The number of carbonyl (C=O) groups excluding carboxylic acids is 1. The normalized spacial score (nSPS) is 9.94. The van der Waals surface area contributed by atoms with Gasteiger partial charge in [-0.15, -0.1) is 0 Å². The molecule has 0 bridgehead atoms. The van der Waals surface area contributed by atoms with Gasteiger partial charge < -0.3 is 20.7 Å². The molecule has 0 unspecified atom stereocenters. The van der Waals surface area contributed by atoms with E-state index in [1.54, 1.807) is 7.05 Å². The van der Waals surface area contributed by atoms with Gasteiger partial charge >= 0.3 is 0 Å². The van der Waals surface area contributed by atoms with Gasteiger partial charge in [-0.25, -0.2) is 9.97 Å². The van der Waals surface area contributed by atoms with Crippen LogP contribution in [-0.4, -0.2) is 43.1 Å². The first-order chi connectivity index (χ1) is 8.63. The van der Waals surface area contributed by atoms with Crippen molar-refractivity contribution in [1.29, 1.82) is 0 Å². The summed E-state index contributed by atoms with van der Waals surface area (Å²) in [6.45, 7) is 2.91. The topological polar surface area (TPSA) is 93.4 Å².